The molecule has 3 N–H and O–H groups in total. The van der Waals surface area contributed by atoms with Crippen LogP contribution in [0.25, 0.3) is 0 Å². The highest BCUT2D eigenvalue weighted by Crippen LogP contribution is 2.24. The maximum absolute atomic E-state index is 11.3. The molecule has 0 fully saturated rings. The van der Waals surface area contributed by atoms with E-state index in [2.05, 4.69) is 26.0 Å². The van der Waals surface area contributed by atoms with Crippen LogP contribution in [0.5, 0.6) is 0 Å². The van der Waals surface area contributed by atoms with Gasteiger partial charge in [0.2, 0.25) is 0 Å². The van der Waals surface area contributed by atoms with Crippen molar-refractivity contribution in [2.24, 2.45) is 5.73 Å². The summed E-state index contributed by atoms with van der Waals surface area (Å²) < 4.78 is 5.42. The molecule has 1 aromatic rings. The molecule has 1 atom stereocenters. The number of esters is 1. The van der Waals surface area contributed by atoms with Crippen molar-refractivity contribution in [3.8, 4) is 0 Å². The minimum Gasteiger partial charge on any atom is -0.467 e. The molecule has 4 nitrogen and oxygen atoms in total. The van der Waals surface area contributed by atoms with Crippen molar-refractivity contribution >= 4 is 44.8 Å². The number of nitrogens with one attached hydrogen (secondary N) is 1. The van der Waals surface area contributed by atoms with Crippen molar-refractivity contribution < 1.29 is 9.53 Å². The van der Waals surface area contributed by atoms with E-state index in [4.69, 9.17) is 18.0 Å². The first kappa shape index (κ1) is 13.9. The fourth-order valence-corrected chi connectivity index (χ4v) is 1.87. The molecule has 17 heavy (non-hydrogen) atoms. The normalized spacial score (nSPS) is 11.7. The topological polar surface area (TPSA) is 64.3 Å². The molecule has 0 aromatic heterocycles. The fraction of sp³-hybridized carbons (Fsp3) is 0.273. The summed E-state index contributed by atoms with van der Waals surface area (Å²) in [6.45, 7) is 1.72. The van der Waals surface area contributed by atoms with Crippen molar-refractivity contribution in [1.82, 2.24) is 0 Å². The van der Waals surface area contributed by atoms with Gasteiger partial charge in [0.05, 0.1) is 7.11 Å². The third kappa shape index (κ3) is 3.67. The Labute approximate surface area is 114 Å². The third-order valence-corrected chi connectivity index (χ3v) is 3.07. The number of rotatable bonds is 4. The first-order valence-electron chi connectivity index (χ1n) is 4.89. The van der Waals surface area contributed by atoms with Crippen LogP contribution >= 0.6 is 28.1 Å². The van der Waals surface area contributed by atoms with E-state index < -0.39 is 6.04 Å². The standard InChI is InChI=1S/C11H13BrN2O2S/c1-6(11(15)16-2)14-9-4-3-7(10(13)17)5-8(9)12/h3-6,14H,1-2H3,(H2,13,17). The van der Waals surface area contributed by atoms with E-state index in [1.54, 1.807) is 25.1 Å². The molecule has 1 rings (SSSR count). The van der Waals surface area contributed by atoms with Crippen molar-refractivity contribution in [2.45, 2.75) is 13.0 Å². The minimum absolute atomic E-state index is 0.324. The van der Waals surface area contributed by atoms with Crippen LogP contribution in [0.1, 0.15) is 12.5 Å². The van der Waals surface area contributed by atoms with Gasteiger partial charge in [-0.25, -0.2) is 4.79 Å². The van der Waals surface area contributed by atoms with E-state index in [0.29, 0.717) is 4.99 Å². The van der Waals surface area contributed by atoms with Gasteiger partial charge >= 0.3 is 5.97 Å². The zero-order chi connectivity index (χ0) is 13.0. The Balaban J connectivity index is 2.86. The molecule has 0 spiro atoms. The summed E-state index contributed by atoms with van der Waals surface area (Å²) in [4.78, 5) is 11.6. The van der Waals surface area contributed by atoms with Crippen LogP contribution in [0.15, 0.2) is 22.7 Å². The number of ether oxygens (including phenoxy) is 1. The average Bonchev–Trinajstić information content (AvgIpc) is 2.30. The number of thiocarbonyl (C=S) groups is 1. The Bertz CT molecular complexity index is 451. The summed E-state index contributed by atoms with van der Waals surface area (Å²) in [7, 11) is 1.35. The Kier molecular flexibility index (Phi) is 4.89. The van der Waals surface area contributed by atoms with Crippen molar-refractivity contribution in [3.05, 3.63) is 28.2 Å². The molecule has 1 aromatic carbocycles. The SMILES string of the molecule is COC(=O)C(C)Nc1ccc(C(N)=S)cc1Br. The zero-order valence-electron chi connectivity index (χ0n) is 9.49. The Morgan fingerprint density at radius 2 is 2.24 bits per heavy atom. The smallest absolute Gasteiger partial charge is 0.327 e. The number of carbonyl (C=O) groups excluding carboxylic acids is 1. The maximum Gasteiger partial charge on any atom is 0.327 e. The van der Waals surface area contributed by atoms with Crippen LogP contribution in [0, 0.1) is 0 Å². The highest BCUT2D eigenvalue weighted by Gasteiger charge is 2.14. The second-order valence-corrected chi connectivity index (χ2v) is 4.74. The summed E-state index contributed by atoms with van der Waals surface area (Å²) in [6.07, 6.45) is 0. The molecule has 6 heteroatoms. The van der Waals surface area contributed by atoms with E-state index in [-0.39, 0.29) is 5.97 Å². The van der Waals surface area contributed by atoms with Gasteiger partial charge < -0.3 is 15.8 Å². The Morgan fingerprint density at radius 3 is 2.71 bits per heavy atom. The van der Waals surface area contributed by atoms with E-state index in [9.17, 15) is 4.79 Å². The quantitative estimate of drug-likeness (QED) is 0.657. The number of benzene rings is 1. The maximum atomic E-state index is 11.3. The Hall–Kier alpha value is -1.14. The predicted molar refractivity (Wildman–Crippen MR) is 75.1 cm³/mol. The van der Waals surface area contributed by atoms with Gasteiger partial charge in [-0.3, -0.25) is 0 Å². The molecule has 0 saturated heterocycles. The van der Waals surface area contributed by atoms with Crippen LogP contribution in [-0.4, -0.2) is 24.1 Å². The lowest BCUT2D eigenvalue weighted by molar-refractivity contribution is -0.141. The molecule has 0 radical (unpaired) electrons. The van der Waals surface area contributed by atoms with Gasteiger partial charge in [-0.2, -0.15) is 0 Å². The molecule has 0 aliphatic rings. The molecule has 0 heterocycles. The van der Waals surface area contributed by atoms with Gasteiger partial charge in [-0.15, -0.1) is 0 Å². The number of carbonyl (C=O) groups is 1. The molecular weight excluding hydrogens is 304 g/mol. The predicted octanol–water partition coefficient (Wildman–Crippen LogP) is 2.06. The molecule has 0 bridgehead atoms. The summed E-state index contributed by atoms with van der Waals surface area (Å²) in [5.74, 6) is -0.324. The molecule has 0 aliphatic carbocycles. The summed E-state index contributed by atoms with van der Waals surface area (Å²) in [6, 6.07) is 4.97. The number of hydrogen-bond donors (Lipinski definition) is 2. The number of anilines is 1. The molecule has 0 amide bonds. The van der Waals surface area contributed by atoms with Gasteiger partial charge in [0.15, 0.2) is 0 Å². The minimum atomic E-state index is -0.424. The fourth-order valence-electron chi connectivity index (χ4n) is 1.25. The average molecular weight is 317 g/mol. The largest absolute Gasteiger partial charge is 0.467 e. The lowest BCUT2D eigenvalue weighted by Gasteiger charge is -2.14. The first-order valence-corrected chi connectivity index (χ1v) is 6.09. The van der Waals surface area contributed by atoms with Crippen LogP contribution in [0.4, 0.5) is 5.69 Å². The number of hydrogen-bond acceptors (Lipinski definition) is 4. The van der Waals surface area contributed by atoms with Crippen molar-refractivity contribution in [2.75, 3.05) is 12.4 Å². The van der Waals surface area contributed by atoms with E-state index in [0.717, 1.165) is 15.7 Å². The van der Waals surface area contributed by atoms with Gasteiger partial charge in [0.25, 0.3) is 0 Å². The summed E-state index contributed by atoms with van der Waals surface area (Å²) >= 11 is 8.26. The van der Waals surface area contributed by atoms with Gasteiger partial charge in [0, 0.05) is 15.7 Å². The van der Waals surface area contributed by atoms with Crippen LogP contribution in [0.2, 0.25) is 0 Å². The van der Waals surface area contributed by atoms with Crippen LogP contribution < -0.4 is 11.1 Å². The zero-order valence-corrected chi connectivity index (χ0v) is 11.9. The number of nitrogens with two attached hydrogens (primary N) is 1. The van der Waals surface area contributed by atoms with Gasteiger partial charge in [-0.05, 0) is 41.1 Å². The molecule has 1 unspecified atom stereocenters. The molecular formula is C11H13BrN2O2S. The third-order valence-electron chi connectivity index (χ3n) is 2.18. The van der Waals surface area contributed by atoms with E-state index in [1.165, 1.54) is 7.11 Å². The molecule has 0 saturated carbocycles. The molecule has 92 valence electrons. The van der Waals surface area contributed by atoms with Crippen LogP contribution in [0.3, 0.4) is 0 Å². The van der Waals surface area contributed by atoms with Crippen LogP contribution in [-0.2, 0) is 9.53 Å². The van der Waals surface area contributed by atoms with Crippen molar-refractivity contribution in [1.29, 1.82) is 0 Å². The number of methoxy groups -OCH3 is 1. The lowest BCUT2D eigenvalue weighted by atomic mass is 10.2. The second-order valence-electron chi connectivity index (χ2n) is 3.45. The molecule has 0 aliphatic heterocycles. The van der Waals surface area contributed by atoms with Crippen molar-refractivity contribution in [3.63, 3.8) is 0 Å². The second kappa shape index (κ2) is 5.97. The van der Waals surface area contributed by atoms with E-state index >= 15 is 0 Å². The van der Waals surface area contributed by atoms with E-state index in [1.807, 2.05) is 0 Å². The van der Waals surface area contributed by atoms with Gasteiger partial charge in [0.1, 0.15) is 11.0 Å². The Morgan fingerprint density at radius 1 is 1.59 bits per heavy atom. The lowest BCUT2D eigenvalue weighted by Crippen LogP contribution is -2.27. The van der Waals surface area contributed by atoms with Gasteiger partial charge in [-0.1, -0.05) is 12.2 Å². The first-order chi connectivity index (χ1) is 7.95. The highest BCUT2D eigenvalue weighted by atomic mass is 79.9. The highest BCUT2D eigenvalue weighted by molar-refractivity contribution is 9.10. The number of halogens is 1. The summed E-state index contributed by atoms with van der Waals surface area (Å²) in [5.41, 5.74) is 7.07. The monoisotopic (exact) mass is 316 g/mol. The summed E-state index contributed by atoms with van der Waals surface area (Å²) in [5, 5.41) is 3.02.